The number of aromatic nitrogens is 1. The van der Waals surface area contributed by atoms with Gasteiger partial charge in [0.1, 0.15) is 0 Å². The van der Waals surface area contributed by atoms with Gasteiger partial charge in [-0.2, -0.15) is 0 Å². The third kappa shape index (κ3) is 2.30. The minimum atomic E-state index is 0.760. The Bertz CT molecular complexity index is 482. The van der Waals surface area contributed by atoms with Crippen molar-refractivity contribution in [1.29, 1.82) is 0 Å². The number of para-hydroxylation sites is 1. The lowest BCUT2D eigenvalue weighted by Gasteiger charge is -2.06. The normalized spacial score (nSPS) is 10.8. The summed E-state index contributed by atoms with van der Waals surface area (Å²) in [7, 11) is 0. The second kappa shape index (κ2) is 5.21. The number of hydrogen-bond donors (Lipinski definition) is 1. The van der Waals surface area contributed by atoms with Gasteiger partial charge in [0.15, 0.2) is 0 Å². The average molecular weight is 232 g/mol. The number of nitrogen functional groups attached to an aromatic ring is 1. The van der Waals surface area contributed by atoms with Crippen molar-refractivity contribution in [2.24, 2.45) is 0 Å². The van der Waals surface area contributed by atoms with Crippen LogP contribution in [0.15, 0.2) is 35.4 Å². The summed E-state index contributed by atoms with van der Waals surface area (Å²) >= 11 is 1.89. The molecule has 0 fully saturated rings. The summed E-state index contributed by atoms with van der Waals surface area (Å²) in [6, 6.07) is 8.05. The van der Waals surface area contributed by atoms with Crippen LogP contribution in [0.2, 0.25) is 0 Å². The van der Waals surface area contributed by atoms with Gasteiger partial charge in [-0.3, -0.25) is 4.98 Å². The van der Waals surface area contributed by atoms with E-state index in [9.17, 15) is 0 Å². The number of nitrogens with zero attached hydrogens (tertiary/aromatic N) is 1. The molecule has 0 radical (unpaired) electrons. The van der Waals surface area contributed by atoms with Gasteiger partial charge in [0.05, 0.1) is 11.2 Å². The van der Waals surface area contributed by atoms with Gasteiger partial charge < -0.3 is 5.73 Å². The Hall–Kier alpha value is -1.22. The van der Waals surface area contributed by atoms with Crippen LogP contribution < -0.4 is 5.73 Å². The molecule has 3 heteroatoms. The summed E-state index contributed by atoms with van der Waals surface area (Å²) < 4.78 is 0. The molecule has 16 heavy (non-hydrogen) atoms. The second-order valence-electron chi connectivity index (χ2n) is 3.75. The highest BCUT2D eigenvalue weighted by Gasteiger charge is 2.04. The molecular weight excluding hydrogens is 216 g/mol. The smallest absolute Gasteiger partial charge is 0.0942 e. The van der Waals surface area contributed by atoms with Gasteiger partial charge in [-0.1, -0.05) is 25.5 Å². The molecule has 1 heterocycles. The molecule has 0 spiro atoms. The predicted octanol–water partition coefficient (Wildman–Crippen LogP) is 3.71. The number of benzene rings is 1. The number of fused-ring (bicyclic) bond motifs is 1. The van der Waals surface area contributed by atoms with Crippen molar-refractivity contribution < 1.29 is 0 Å². The van der Waals surface area contributed by atoms with Crippen molar-refractivity contribution in [3.63, 3.8) is 0 Å². The van der Waals surface area contributed by atoms with Crippen molar-refractivity contribution in [3.05, 3.63) is 30.5 Å². The summed E-state index contributed by atoms with van der Waals surface area (Å²) in [5, 5.41) is 1.17. The third-order valence-corrected chi connectivity index (χ3v) is 3.68. The molecule has 2 rings (SSSR count). The zero-order valence-electron chi connectivity index (χ0n) is 9.44. The van der Waals surface area contributed by atoms with Gasteiger partial charge in [0, 0.05) is 16.5 Å². The van der Waals surface area contributed by atoms with E-state index in [4.69, 9.17) is 5.73 Å². The van der Waals surface area contributed by atoms with Gasteiger partial charge in [-0.25, -0.2) is 0 Å². The molecule has 0 aliphatic heterocycles. The van der Waals surface area contributed by atoms with Crippen LogP contribution in [-0.2, 0) is 0 Å². The second-order valence-corrected chi connectivity index (χ2v) is 4.89. The standard InChI is InChI=1S/C13H16N2S/c1-2-3-9-16-12-7-8-15-13-10(12)5-4-6-11(13)14/h4-8H,2-3,9,14H2,1H3. The van der Waals surface area contributed by atoms with Crippen LogP contribution in [0.3, 0.4) is 0 Å². The van der Waals surface area contributed by atoms with Gasteiger partial charge >= 0.3 is 0 Å². The SMILES string of the molecule is CCCCSc1ccnc2c(N)cccc12. The van der Waals surface area contributed by atoms with Crippen LogP contribution in [0.4, 0.5) is 5.69 Å². The Kier molecular flexibility index (Phi) is 3.67. The molecule has 0 unspecified atom stereocenters. The molecule has 84 valence electrons. The summed E-state index contributed by atoms with van der Waals surface area (Å²) in [4.78, 5) is 5.61. The van der Waals surface area contributed by atoms with Gasteiger partial charge in [0.25, 0.3) is 0 Å². The minimum Gasteiger partial charge on any atom is -0.397 e. The number of hydrogen-bond acceptors (Lipinski definition) is 3. The molecule has 2 aromatic rings. The summed E-state index contributed by atoms with van der Waals surface area (Å²) in [6.45, 7) is 2.21. The molecule has 0 bridgehead atoms. The lowest BCUT2D eigenvalue weighted by Crippen LogP contribution is -1.90. The topological polar surface area (TPSA) is 38.9 Å². The van der Waals surface area contributed by atoms with E-state index in [0.29, 0.717) is 0 Å². The molecule has 0 atom stereocenters. The number of anilines is 1. The Balaban J connectivity index is 2.34. The van der Waals surface area contributed by atoms with E-state index >= 15 is 0 Å². The number of pyridine rings is 1. The van der Waals surface area contributed by atoms with Crippen LogP contribution in [0.1, 0.15) is 19.8 Å². The number of unbranched alkanes of at least 4 members (excludes halogenated alkanes) is 1. The molecule has 2 nitrogen and oxygen atoms in total. The fourth-order valence-corrected chi connectivity index (χ4v) is 2.76. The van der Waals surface area contributed by atoms with E-state index in [1.807, 2.05) is 30.1 Å². The fourth-order valence-electron chi connectivity index (χ4n) is 1.63. The summed E-state index contributed by atoms with van der Waals surface area (Å²) in [5.74, 6) is 1.16. The van der Waals surface area contributed by atoms with Crippen LogP contribution in [0.25, 0.3) is 10.9 Å². The average Bonchev–Trinajstić information content (AvgIpc) is 2.31. The molecular formula is C13H16N2S. The predicted molar refractivity (Wildman–Crippen MR) is 71.8 cm³/mol. The highest BCUT2D eigenvalue weighted by Crippen LogP contribution is 2.29. The molecule has 0 saturated carbocycles. The van der Waals surface area contributed by atoms with Crippen molar-refractivity contribution in [2.75, 3.05) is 11.5 Å². The van der Waals surface area contributed by atoms with E-state index in [1.165, 1.54) is 23.1 Å². The first-order valence-corrected chi connectivity index (χ1v) is 6.57. The summed E-state index contributed by atoms with van der Waals surface area (Å²) in [6.07, 6.45) is 4.32. The van der Waals surface area contributed by atoms with E-state index < -0.39 is 0 Å². The molecule has 0 aliphatic rings. The molecule has 2 N–H and O–H groups in total. The van der Waals surface area contributed by atoms with Gasteiger partial charge in [-0.15, -0.1) is 11.8 Å². The molecule has 1 aromatic heterocycles. The molecule has 0 saturated heterocycles. The van der Waals surface area contributed by atoms with E-state index in [-0.39, 0.29) is 0 Å². The minimum absolute atomic E-state index is 0.760. The van der Waals surface area contributed by atoms with E-state index in [2.05, 4.69) is 24.0 Å². The molecule has 1 aromatic carbocycles. The molecule has 0 aliphatic carbocycles. The van der Waals surface area contributed by atoms with Crippen LogP contribution >= 0.6 is 11.8 Å². The van der Waals surface area contributed by atoms with Gasteiger partial charge in [-0.05, 0) is 24.3 Å². The highest BCUT2D eigenvalue weighted by molar-refractivity contribution is 7.99. The monoisotopic (exact) mass is 232 g/mol. The Morgan fingerprint density at radius 1 is 1.31 bits per heavy atom. The summed E-state index contributed by atoms with van der Waals surface area (Å²) in [5.41, 5.74) is 7.59. The number of rotatable bonds is 4. The highest BCUT2D eigenvalue weighted by atomic mass is 32.2. The lowest BCUT2D eigenvalue weighted by atomic mass is 10.2. The van der Waals surface area contributed by atoms with Crippen LogP contribution in [0, 0.1) is 0 Å². The maximum Gasteiger partial charge on any atom is 0.0942 e. The lowest BCUT2D eigenvalue weighted by molar-refractivity contribution is 0.896. The zero-order chi connectivity index (χ0) is 11.4. The van der Waals surface area contributed by atoms with Crippen molar-refractivity contribution >= 4 is 28.4 Å². The first kappa shape index (κ1) is 11.3. The first-order chi connectivity index (χ1) is 7.83. The maximum absolute atomic E-state index is 5.91. The molecule has 0 amide bonds. The Morgan fingerprint density at radius 3 is 3.00 bits per heavy atom. The van der Waals surface area contributed by atoms with Gasteiger partial charge in [0.2, 0.25) is 0 Å². The number of nitrogens with two attached hydrogens (primary N) is 1. The Morgan fingerprint density at radius 2 is 2.19 bits per heavy atom. The largest absolute Gasteiger partial charge is 0.397 e. The maximum atomic E-state index is 5.91. The first-order valence-electron chi connectivity index (χ1n) is 5.59. The fraction of sp³-hybridized carbons (Fsp3) is 0.308. The van der Waals surface area contributed by atoms with E-state index in [1.54, 1.807) is 0 Å². The van der Waals surface area contributed by atoms with Crippen molar-refractivity contribution in [3.8, 4) is 0 Å². The third-order valence-electron chi connectivity index (χ3n) is 2.52. The van der Waals surface area contributed by atoms with Crippen molar-refractivity contribution in [1.82, 2.24) is 4.98 Å². The quantitative estimate of drug-likeness (QED) is 0.496. The Labute approximate surface area is 100 Å². The van der Waals surface area contributed by atoms with E-state index in [0.717, 1.165) is 17.0 Å². The zero-order valence-corrected chi connectivity index (χ0v) is 10.3. The van der Waals surface area contributed by atoms with Crippen molar-refractivity contribution in [2.45, 2.75) is 24.7 Å². The van der Waals surface area contributed by atoms with Crippen LogP contribution in [0.5, 0.6) is 0 Å². The number of thioether (sulfide) groups is 1. The van der Waals surface area contributed by atoms with Crippen LogP contribution in [-0.4, -0.2) is 10.7 Å².